The quantitative estimate of drug-likeness (QED) is 0.629. The van der Waals surface area contributed by atoms with Gasteiger partial charge in [-0.2, -0.15) is 0 Å². The molecule has 0 spiro atoms. The fraction of sp³-hybridized carbons (Fsp3) is 0.833. The monoisotopic (exact) mass is 181 g/mol. The predicted molar refractivity (Wildman–Crippen MR) is 58.7 cm³/mol. The number of hydrogen-bond donors (Lipinski definition) is 0. The average Bonchev–Trinajstić information content (AvgIpc) is 2.17. The second-order valence-electron chi connectivity index (χ2n) is 4.49. The molecule has 0 unspecified atom stereocenters. The third-order valence-corrected chi connectivity index (χ3v) is 3.38. The van der Waals surface area contributed by atoms with Gasteiger partial charge in [0.15, 0.2) is 0 Å². The van der Waals surface area contributed by atoms with E-state index in [2.05, 4.69) is 32.7 Å². The van der Waals surface area contributed by atoms with Crippen LogP contribution in [0.5, 0.6) is 0 Å². The van der Waals surface area contributed by atoms with Gasteiger partial charge in [-0.25, -0.2) is 0 Å². The maximum absolute atomic E-state index is 2.48. The van der Waals surface area contributed by atoms with Crippen LogP contribution in [0.3, 0.4) is 0 Å². The van der Waals surface area contributed by atoms with E-state index in [0.29, 0.717) is 0 Å². The van der Waals surface area contributed by atoms with Crippen molar-refractivity contribution in [3.05, 3.63) is 11.3 Å². The summed E-state index contributed by atoms with van der Waals surface area (Å²) < 4.78 is 0. The van der Waals surface area contributed by atoms with Crippen LogP contribution in [0.1, 0.15) is 52.9 Å². The molecule has 0 aromatic heterocycles. The minimum absolute atomic E-state index is 0.809. The molecule has 0 atom stereocenters. The molecular weight excluding hydrogens is 158 g/mol. The van der Waals surface area contributed by atoms with Crippen molar-refractivity contribution in [2.24, 2.45) is 0 Å². The molecule has 0 heterocycles. The van der Waals surface area contributed by atoms with Crippen LogP contribution in [0.4, 0.5) is 0 Å². The Balaban J connectivity index is 2.55. The molecular formula is C12H23N. The summed E-state index contributed by atoms with van der Waals surface area (Å²) in [5.41, 5.74) is 2.92. The van der Waals surface area contributed by atoms with Gasteiger partial charge in [-0.05, 0) is 33.6 Å². The van der Waals surface area contributed by atoms with Crippen LogP contribution in [0.15, 0.2) is 11.3 Å². The minimum atomic E-state index is 0.809. The molecule has 0 N–H and O–H groups in total. The first-order valence-corrected chi connectivity index (χ1v) is 5.50. The number of hydrogen-bond acceptors (Lipinski definition) is 1. The van der Waals surface area contributed by atoms with E-state index < -0.39 is 0 Å². The SMILES string of the molecule is CC(C)=C(C)N(C)C1CCCCC1. The summed E-state index contributed by atoms with van der Waals surface area (Å²) >= 11 is 0. The van der Waals surface area contributed by atoms with Crippen LogP contribution < -0.4 is 0 Å². The molecule has 0 radical (unpaired) electrons. The summed E-state index contributed by atoms with van der Waals surface area (Å²) in [6.45, 7) is 6.65. The lowest BCUT2D eigenvalue weighted by atomic mass is 9.94. The van der Waals surface area contributed by atoms with Crippen molar-refractivity contribution in [1.82, 2.24) is 4.90 Å². The van der Waals surface area contributed by atoms with Crippen LogP contribution in [-0.2, 0) is 0 Å². The molecule has 1 saturated carbocycles. The lowest BCUT2D eigenvalue weighted by Crippen LogP contribution is -2.32. The molecule has 1 heteroatoms. The molecule has 1 nitrogen and oxygen atoms in total. The van der Waals surface area contributed by atoms with Gasteiger partial charge in [0.25, 0.3) is 0 Å². The number of nitrogens with zero attached hydrogens (tertiary/aromatic N) is 1. The first kappa shape index (κ1) is 10.6. The minimum Gasteiger partial charge on any atom is -0.375 e. The summed E-state index contributed by atoms with van der Waals surface area (Å²) in [5, 5.41) is 0. The average molecular weight is 181 g/mol. The number of rotatable bonds is 2. The Labute approximate surface area is 82.8 Å². The van der Waals surface area contributed by atoms with Crippen LogP contribution in [-0.4, -0.2) is 18.0 Å². The molecule has 1 aliphatic rings. The van der Waals surface area contributed by atoms with Crippen molar-refractivity contribution in [1.29, 1.82) is 0 Å². The fourth-order valence-electron chi connectivity index (χ4n) is 2.09. The zero-order chi connectivity index (χ0) is 9.84. The smallest absolute Gasteiger partial charge is 0.0283 e. The van der Waals surface area contributed by atoms with Crippen molar-refractivity contribution in [3.8, 4) is 0 Å². The standard InChI is InChI=1S/C12H23N/c1-10(2)11(3)13(4)12-8-6-5-7-9-12/h12H,5-9H2,1-4H3. The van der Waals surface area contributed by atoms with E-state index in [1.54, 1.807) is 0 Å². The van der Waals surface area contributed by atoms with Crippen LogP contribution in [0, 0.1) is 0 Å². The van der Waals surface area contributed by atoms with E-state index in [-0.39, 0.29) is 0 Å². The zero-order valence-electron chi connectivity index (χ0n) is 9.56. The van der Waals surface area contributed by atoms with Crippen molar-refractivity contribution >= 4 is 0 Å². The highest BCUT2D eigenvalue weighted by Gasteiger charge is 2.18. The van der Waals surface area contributed by atoms with Gasteiger partial charge in [0.1, 0.15) is 0 Å². The molecule has 13 heavy (non-hydrogen) atoms. The van der Waals surface area contributed by atoms with Crippen molar-refractivity contribution < 1.29 is 0 Å². The van der Waals surface area contributed by atoms with Gasteiger partial charge in [-0.3, -0.25) is 0 Å². The van der Waals surface area contributed by atoms with Crippen LogP contribution >= 0.6 is 0 Å². The van der Waals surface area contributed by atoms with Crippen LogP contribution in [0.2, 0.25) is 0 Å². The van der Waals surface area contributed by atoms with Gasteiger partial charge in [-0.15, -0.1) is 0 Å². The molecule has 0 aromatic carbocycles. The van der Waals surface area contributed by atoms with Gasteiger partial charge >= 0.3 is 0 Å². The van der Waals surface area contributed by atoms with Gasteiger partial charge < -0.3 is 4.90 Å². The molecule has 76 valence electrons. The van der Waals surface area contributed by atoms with E-state index >= 15 is 0 Å². The molecule has 0 aromatic rings. The molecule has 1 fully saturated rings. The third kappa shape index (κ3) is 2.75. The summed E-state index contributed by atoms with van der Waals surface area (Å²) in [6.07, 6.45) is 7.07. The van der Waals surface area contributed by atoms with Crippen LogP contribution in [0.25, 0.3) is 0 Å². The van der Waals surface area contributed by atoms with Gasteiger partial charge in [0.05, 0.1) is 0 Å². The molecule has 1 rings (SSSR count). The Morgan fingerprint density at radius 2 is 1.54 bits per heavy atom. The van der Waals surface area contributed by atoms with E-state index in [9.17, 15) is 0 Å². The molecule has 0 saturated heterocycles. The van der Waals surface area contributed by atoms with Crippen molar-refractivity contribution in [3.63, 3.8) is 0 Å². The van der Waals surface area contributed by atoms with E-state index in [1.165, 1.54) is 43.4 Å². The summed E-state index contributed by atoms with van der Waals surface area (Å²) in [5.74, 6) is 0. The lowest BCUT2D eigenvalue weighted by molar-refractivity contribution is 0.235. The summed E-state index contributed by atoms with van der Waals surface area (Å²) in [7, 11) is 2.25. The zero-order valence-corrected chi connectivity index (χ0v) is 9.56. The topological polar surface area (TPSA) is 3.24 Å². The van der Waals surface area contributed by atoms with Crippen molar-refractivity contribution in [2.45, 2.75) is 58.9 Å². The van der Waals surface area contributed by atoms with Crippen molar-refractivity contribution in [2.75, 3.05) is 7.05 Å². The second kappa shape index (κ2) is 4.69. The molecule has 1 aliphatic carbocycles. The number of allylic oxidation sites excluding steroid dienone is 2. The highest BCUT2D eigenvalue weighted by molar-refractivity contribution is 5.06. The highest BCUT2D eigenvalue weighted by Crippen LogP contribution is 2.24. The Hall–Kier alpha value is -0.460. The summed E-state index contributed by atoms with van der Waals surface area (Å²) in [4.78, 5) is 2.48. The Morgan fingerprint density at radius 3 is 2.00 bits per heavy atom. The van der Waals surface area contributed by atoms with E-state index in [4.69, 9.17) is 0 Å². The maximum Gasteiger partial charge on any atom is 0.0283 e. The maximum atomic E-state index is 2.48. The Morgan fingerprint density at radius 1 is 1.00 bits per heavy atom. The Kier molecular flexibility index (Phi) is 3.83. The second-order valence-corrected chi connectivity index (χ2v) is 4.49. The van der Waals surface area contributed by atoms with Gasteiger partial charge in [-0.1, -0.05) is 24.8 Å². The molecule has 0 amide bonds. The van der Waals surface area contributed by atoms with E-state index in [1.807, 2.05) is 0 Å². The molecule has 0 aliphatic heterocycles. The lowest BCUT2D eigenvalue weighted by Gasteiger charge is -2.34. The fourth-order valence-corrected chi connectivity index (χ4v) is 2.09. The van der Waals surface area contributed by atoms with Gasteiger partial charge in [0, 0.05) is 18.8 Å². The van der Waals surface area contributed by atoms with E-state index in [0.717, 1.165) is 6.04 Å². The first-order valence-electron chi connectivity index (χ1n) is 5.50. The third-order valence-electron chi connectivity index (χ3n) is 3.38. The van der Waals surface area contributed by atoms with Gasteiger partial charge in [0.2, 0.25) is 0 Å². The normalized spacial score (nSPS) is 18.5. The summed E-state index contributed by atoms with van der Waals surface area (Å²) in [6, 6.07) is 0.809. The first-order chi connectivity index (χ1) is 6.13. The largest absolute Gasteiger partial charge is 0.375 e. The predicted octanol–water partition coefficient (Wildman–Crippen LogP) is 3.56. The molecule has 0 bridgehead atoms. The Bertz CT molecular complexity index is 183. The highest BCUT2D eigenvalue weighted by atomic mass is 15.1.